The number of hydrogen-bond donors (Lipinski definition) is 3. The largest absolute Gasteiger partial charge is 0.506 e. The number of amides is 1. The fourth-order valence-corrected chi connectivity index (χ4v) is 7.22. The van der Waals surface area contributed by atoms with E-state index < -0.39 is 12.0 Å². The van der Waals surface area contributed by atoms with Gasteiger partial charge < -0.3 is 20.3 Å². The Balaban J connectivity index is 1.22. The van der Waals surface area contributed by atoms with Crippen molar-refractivity contribution < 1.29 is 18.7 Å². The molecule has 3 aliphatic heterocycles. The molecule has 6 atom stereocenters. The number of aromatic hydroxyl groups is 1. The summed E-state index contributed by atoms with van der Waals surface area (Å²) in [5, 5.41) is 16.0. The van der Waals surface area contributed by atoms with Crippen LogP contribution in [0.5, 0.6) is 5.75 Å². The number of phenolic OH excluding ortho intramolecular Hbond substituents is 1. The van der Waals surface area contributed by atoms with E-state index in [1.165, 1.54) is 24.0 Å². The second-order valence-electron chi connectivity index (χ2n) is 11.8. The third kappa shape index (κ3) is 4.30. The summed E-state index contributed by atoms with van der Waals surface area (Å²) in [7, 11) is 0. The Hall–Kier alpha value is -2.19. The number of hydrazine groups is 1. The van der Waals surface area contributed by atoms with E-state index in [1.54, 1.807) is 0 Å². The first kappa shape index (κ1) is 24.2. The minimum absolute atomic E-state index is 0.0342. The van der Waals surface area contributed by atoms with Gasteiger partial charge in [0.15, 0.2) is 0 Å². The average Bonchev–Trinajstić information content (AvgIpc) is 3.65. The van der Waals surface area contributed by atoms with Crippen LogP contribution in [0, 0.1) is 11.8 Å². The smallest absolute Gasteiger partial charge is 0.260 e. The standard InChI is InChI=1S/C28H38F2N4O2/c1-16-3-8-20-26-22(34(32-20)21-9-6-18(14-24(21)35)17-4-5-17)11-12-33(23(26)13-16)27(36)19-7-10-25(31-15-19)28(2,29)30/h6,9,14,17,19-20,22-23,25-26,31-32,35H,1,3-5,7-8,10-13,15H2,2H3/t19?,20?,22?,23-,25?,26?/m0/s1. The van der Waals surface area contributed by atoms with Crippen LogP contribution in [0.3, 0.4) is 0 Å². The average molecular weight is 501 g/mol. The number of likely N-dealkylation sites (tertiary alicyclic amines) is 1. The van der Waals surface area contributed by atoms with E-state index in [-0.39, 0.29) is 35.9 Å². The highest BCUT2D eigenvalue weighted by Crippen LogP contribution is 2.47. The van der Waals surface area contributed by atoms with Gasteiger partial charge in [0.1, 0.15) is 5.75 Å². The van der Waals surface area contributed by atoms with Crippen molar-refractivity contribution in [2.24, 2.45) is 11.8 Å². The molecule has 2 aliphatic carbocycles. The zero-order valence-electron chi connectivity index (χ0n) is 21.1. The SMILES string of the molecule is C=C1CCC2NN(c3ccc(C4CC4)cc3O)C3CCN(C(=O)C4CCC(C(C)(F)F)NC4)[C@@H](C1)C23. The van der Waals surface area contributed by atoms with Crippen LogP contribution < -0.4 is 15.8 Å². The zero-order valence-corrected chi connectivity index (χ0v) is 21.1. The summed E-state index contributed by atoms with van der Waals surface area (Å²) >= 11 is 0. The van der Waals surface area contributed by atoms with Gasteiger partial charge in [-0.25, -0.2) is 14.2 Å². The highest BCUT2D eigenvalue weighted by Gasteiger charge is 2.53. The summed E-state index contributed by atoms with van der Waals surface area (Å²) < 4.78 is 27.5. The van der Waals surface area contributed by atoms with Gasteiger partial charge in [-0.2, -0.15) is 0 Å². The third-order valence-electron chi connectivity index (χ3n) is 9.33. The quantitative estimate of drug-likeness (QED) is 0.538. The van der Waals surface area contributed by atoms with Gasteiger partial charge in [-0.15, -0.1) is 0 Å². The Labute approximate surface area is 212 Å². The van der Waals surface area contributed by atoms with Crippen molar-refractivity contribution in [3.05, 3.63) is 35.9 Å². The van der Waals surface area contributed by atoms with Crippen LogP contribution in [0.25, 0.3) is 0 Å². The summed E-state index contributed by atoms with van der Waals surface area (Å²) in [5.41, 5.74) is 6.91. The van der Waals surface area contributed by atoms with Gasteiger partial charge in [0.05, 0.1) is 23.7 Å². The van der Waals surface area contributed by atoms with Crippen LogP contribution in [0.1, 0.15) is 69.8 Å². The fraction of sp³-hybridized carbons (Fsp3) is 0.679. The van der Waals surface area contributed by atoms with Crippen LogP contribution in [0.4, 0.5) is 14.5 Å². The topological polar surface area (TPSA) is 67.8 Å². The van der Waals surface area contributed by atoms with Gasteiger partial charge in [-0.3, -0.25) is 4.79 Å². The monoisotopic (exact) mass is 500 g/mol. The maximum absolute atomic E-state index is 13.8. The molecule has 196 valence electrons. The van der Waals surface area contributed by atoms with Crippen molar-refractivity contribution in [1.29, 1.82) is 0 Å². The molecule has 3 heterocycles. The number of hydrogen-bond acceptors (Lipinski definition) is 5. The molecular weight excluding hydrogens is 462 g/mol. The van der Waals surface area contributed by atoms with Crippen LogP contribution in [0.15, 0.2) is 30.4 Å². The summed E-state index contributed by atoms with van der Waals surface area (Å²) in [4.78, 5) is 15.8. The first-order chi connectivity index (χ1) is 17.2. The van der Waals surface area contributed by atoms with Crippen molar-refractivity contribution >= 4 is 11.6 Å². The van der Waals surface area contributed by atoms with Gasteiger partial charge in [-0.1, -0.05) is 18.2 Å². The molecule has 1 amide bonds. The lowest BCUT2D eigenvalue weighted by molar-refractivity contribution is -0.142. The molecule has 6 nitrogen and oxygen atoms in total. The predicted molar refractivity (Wildman–Crippen MR) is 135 cm³/mol. The van der Waals surface area contributed by atoms with E-state index in [0.717, 1.165) is 38.3 Å². The lowest BCUT2D eigenvalue weighted by atomic mass is 9.79. The number of anilines is 1. The number of phenols is 1. The van der Waals surface area contributed by atoms with Crippen molar-refractivity contribution in [2.45, 2.75) is 94.3 Å². The Morgan fingerprint density at radius 1 is 1.14 bits per heavy atom. The maximum atomic E-state index is 13.8. The van der Waals surface area contributed by atoms with Crippen molar-refractivity contribution in [3.63, 3.8) is 0 Å². The Morgan fingerprint density at radius 3 is 2.61 bits per heavy atom. The third-order valence-corrected chi connectivity index (χ3v) is 9.33. The van der Waals surface area contributed by atoms with Crippen molar-refractivity contribution in [3.8, 4) is 5.75 Å². The van der Waals surface area contributed by atoms with Gasteiger partial charge in [0, 0.05) is 38.0 Å². The molecule has 5 aliphatic rings. The molecule has 1 aromatic carbocycles. The van der Waals surface area contributed by atoms with E-state index in [9.17, 15) is 18.7 Å². The maximum Gasteiger partial charge on any atom is 0.260 e. The Kier molecular flexibility index (Phi) is 6.03. The number of carbonyl (C=O) groups excluding carboxylic acids is 1. The molecule has 0 spiro atoms. The summed E-state index contributed by atoms with van der Waals surface area (Å²) in [6, 6.07) is 5.66. The van der Waals surface area contributed by atoms with Crippen molar-refractivity contribution in [1.82, 2.24) is 15.6 Å². The van der Waals surface area contributed by atoms with E-state index in [0.29, 0.717) is 37.6 Å². The van der Waals surface area contributed by atoms with Crippen LogP contribution in [0.2, 0.25) is 0 Å². The molecule has 0 aromatic heterocycles. The minimum atomic E-state index is -2.78. The van der Waals surface area contributed by atoms with E-state index in [4.69, 9.17) is 0 Å². The molecule has 8 heteroatoms. The molecule has 1 aromatic rings. The lowest BCUT2D eigenvalue weighted by Gasteiger charge is -2.46. The van der Waals surface area contributed by atoms with Crippen LogP contribution >= 0.6 is 0 Å². The first-order valence-electron chi connectivity index (χ1n) is 13.7. The number of piperidine rings is 2. The van der Waals surface area contributed by atoms with E-state index in [2.05, 4.69) is 28.4 Å². The van der Waals surface area contributed by atoms with E-state index >= 15 is 0 Å². The normalized spacial score (nSPS) is 34.9. The van der Waals surface area contributed by atoms with Gasteiger partial charge in [0.2, 0.25) is 5.91 Å². The summed E-state index contributed by atoms with van der Waals surface area (Å²) in [5.74, 6) is -1.82. The number of alkyl halides is 2. The molecular formula is C28H38F2N4O2. The first-order valence-corrected chi connectivity index (χ1v) is 13.7. The van der Waals surface area contributed by atoms with Gasteiger partial charge in [0.25, 0.3) is 5.92 Å². The van der Waals surface area contributed by atoms with Crippen LogP contribution in [-0.2, 0) is 4.79 Å². The summed E-state index contributed by atoms with van der Waals surface area (Å²) in [6.45, 7) is 6.19. The van der Waals surface area contributed by atoms with Gasteiger partial charge in [-0.05, 0) is 75.0 Å². The molecule has 36 heavy (non-hydrogen) atoms. The molecule has 0 radical (unpaired) electrons. The second kappa shape index (κ2) is 8.98. The molecule has 5 fully saturated rings. The highest BCUT2D eigenvalue weighted by molar-refractivity contribution is 5.80. The zero-order chi connectivity index (χ0) is 25.2. The Morgan fingerprint density at radius 2 is 1.94 bits per heavy atom. The summed E-state index contributed by atoms with van der Waals surface area (Å²) in [6.07, 6.45) is 6.65. The predicted octanol–water partition coefficient (Wildman–Crippen LogP) is 4.31. The second-order valence-corrected chi connectivity index (χ2v) is 11.8. The molecule has 3 saturated heterocycles. The number of benzene rings is 1. The highest BCUT2D eigenvalue weighted by atomic mass is 19.3. The minimum Gasteiger partial charge on any atom is -0.506 e. The lowest BCUT2D eigenvalue weighted by Crippen LogP contribution is -2.59. The number of rotatable bonds is 4. The number of carbonyl (C=O) groups is 1. The molecule has 5 unspecified atom stereocenters. The molecule has 0 bridgehead atoms. The molecule has 6 rings (SSSR count). The molecule has 2 saturated carbocycles. The number of nitrogens with zero attached hydrogens (tertiary/aromatic N) is 2. The van der Waals surface area contributed by atoms with E-state index in [1.807, 2.05) is 17.0 Å². The Bertz CT molecular complexity index is 1030. The van der Waals surface area contributed by atoms with Crippen LogP contribution in [-0.4, -0.2) is 59.1 Å². The number of halogens is 2. The van der Waals surface area contributed by atoms with Crippen molar-refractivity contribution in [2.75, 3.05) is 18.1 Å². The fourth-order valence-electron chi connectivity index (χ4n) is 7.22. The number of nitrogens with one attached hydrogen (secondary N) is 2. The molecule has 3 N–H and O–H groups in total. The van der Waals surface area contributed by atoms with Gasteiger partial charge >= 0.3 is 0 Å².